The predicted molar refractivity (Wildman–Crippen MR) is 117 cm³/mol. The van der Waals surface area contributed by atoms with Crippen LogP contribution in [0.15, 0.2) is 52.1 Å². The van der Waals surface area contributed by atoms with Crippen molar-refractivity contribution in [2.45, 2.75) is 29.8 Å². The molecule has 1 aliphatic heterocycles. The van der Waals surface area contributed by atoms with E-state index < -0.39 is 10.0 Å². The summed E-state index contributed by atoms with van der Waals surface area (Å²) in [7, 11) is -1.49. The molecule has 0 saturated carbocycles. The second kappa shape index (κ2) is 8.49. The lowest BCUT2D eigenvalue weighted by atomic mass is 10.1. The molecule has 0 radical (unpaired) electrons. The molecule has 1 aromatic carbocycles. The maximum Gasteiger partial charge on any atom is 0.250 e. The van der Waals surface area contributed by atoms with Crippen LogP contribution in [0.5, 0.6) is 0 Å². The molecule has 0 aliphatic carbocycles. The van der Waals surface area contributed by atoms with Gasteiger partial charge in [0.15, 0.2) is 10.6 Å². The van der Waals surface area contributed by atoms with Gasteiger partial charge in [0.25, 0.3) is 0 Å². The molecule has 154 valence electrons. The third-order valence-electron chi connectivity index (χ3n) is 5.08. The van der Waals surface area contributed by atoms with Gasteiger partial charge in [0, 0.05) is 31.7 Å². The lowest BCUT2D eigenvalue weighted by Gasteiger charge is -2.31. The molecule has 0 unspecified atom stereocenters. The van der Waals surface area contributed by atoms with Crippen molar-refractivity contribution >= 4 is 33.6 Å². The van der Waals surface area contributed by atoms with Crippen molar-refractivity contribution in [3.63, 3.8) is 0 Å². The quantitative estimate of drug-likeness (QED) is 0.586. The Morgan fingerprint density at radius 1 is 1.17 bits per heavy atom. The number of sulfonamides is 1. The van der Waals surface area contributed by atoms with E-state index in [1.54, 1.807) is 17.5 Å². The number of thiophene rings is 1. The number of hydrogen-bond donors (Lipinski definition) is 1. The molecule has 3 aromatic rings. The first kappa shape index (κ1) is 20.4. The highest BCUT2D eigenvalue weighted by Crippen LogP contribution is 2.20. The van der Waals surface area contributed by atoms with Gasteiger partial charge in [-0.05, 0) is 36.5 Å². The van der Waals surface area contributed by atoms with Crippen molar-refractivity contribution in [2.75, 3.05) is 13.1 Å². The molecular formula is C19H23N5O2S3. The molecule has 2 aromatic heterocycles. The summed E-state index contributed by atoms with van der Waals surface area (Å²) in [4.78, 5) is 2.26. The van der Waals surface area contributed by atoms with Crippen LogP contribution in [-0.4, -0.2) is 46.8 Å². The Morgan fingerprint density at radius 3 is 2.55 bits per heavy atom. The van der Waals surface area contributed by atoms with Gasteiger partial charge in [-0.25, -0.2) is 17.8 Å². The fourth-order valence-electron chi connectivity index (χ4n) is 3.49. The van der Waals surface area contributed by atoms with E-state index in [0.717, 1.165) is 37.3 Å². The lowest BCUT2D eigenvalue weighted by Crippen LogP contribution is -2.44. The fourth-order valence-corrected chi connectivity index (χ4v) is 5.99. The summed E-state index contributed by atoms with van der Waals surface area (Å²) in [6, 6.07) is 13.3. The highest BCUT2D eigenvalue weighted by molar-refractivity contribution is 7.91. The number of nitrogens with one attached hydrogen (secondary N) is 1. The Bertz CT molecular complexity index is 1110. The van der Waals surface area contributed by atoms with Crippen molar-refractivity contribution in [1.82, 2.24) is 24.0 Å². The summed E-state index contributed by atoms with van der Waals surface area (Å²) < 4.78 is 32.5. The summed E-state index contributed by atoms with van der Waals surface area (Å²) >= 11 is 6.81. The lowest BCUT2D eigenvalue weighted by molar-refractivity contribution is 0.157. The monoisotopic (exact) mass is 449 g/mol. The molecule has 0 spiro atoms. The fraction of sp³-hybridized carbons (Fsp3) is 0.368. The first-order valence-corrected chi connectivity index (χ1v) is 12.2. The van der Waals surface area contributed by atoms with Crippen LogP contribution < -0.4 is 4.72 Å². The van der Waals surface area contributed by atoms with E-state index in [1.807, 2.05) is 46.6 Å². The minimum Gasteiger partial charge on any atom is -0.303 e. The Balaban J connectivity index is 1.39. The van der Waals surface area contributed by atoms with E-state index in [1.165, 1.54) is 11.3 Å². The minimum atomic E-state index is -3.42. The molecule has 0 bridgehead atoms. The van der Waals surface area contributed by atoms with Crippen LogP contribution in [-0.2, 0) is 23.7 Å². The van der Waals surface area contributed by atoms with Gasteiger partial charge >= 0.3 is 0 Å². The summed E-state index contributed by atoms with van der Waals surface area (Å²) in [6.07, 6.45) is 1.52. The molecule has 7 nitrogen and oxygen atoms in total. The van der Waals surface area contributed by atoms with Crippen LogP contribution in [0.4, 0.5) is 0 Å². The standard InChI is InChI=1S/C19H23N5O2S3/c1-22-18(15-6-3-2-4-7-15)20-24(19(22)27)14-23-11-9-16(10-12-23)21-29(25,26)17-8-5-13-28-17/h2-8,13,16,21H,9-12,14H2,1H3. The highest BCUT2D eigenvalue weighted by atomic mass is 32.2. The summed E-state index contributed by atoms with van der Waals surface area (Å²) in [5.74, 6) is 0.842. The van der Waals surface area contributed by atoms with Gasteiger partial charge < -0.3 is 4.57 Å². The zero-order valence-electron chi connectivity index (χ0n) is 16.1. The summed E-state index contributed by atoms with van der Waals surface area (Å²) in [5.41, 5.74) is 1.03. The van der Waals surface area contributed by atoms with E-state index in [4.69, 9.17) is 17.3 Å². The zero-order valence-corrected chi connectivity index (χ0v) is 18.5. The molecule has 3 heterocycles. The second-order valence-corrected chi connectivity index (χ2v) is 10.4. The average molecular weight is 450 g/mol. The van der Waals surface area contributed by atoms with Gasteiger partial charge in [-0.15, -0.1) is 11.3 Å². The van der Waals surface area contributed by atoms with Crippen molar-refractivity contribution in [3.05, 3.63) is 52.6 Å². The zero-order chi connectivity index (χ0) is 20.4. The van der Waals surface area contributed by atoms with Crippen LogP contribution in [0.25, 0.3) is 11.4 Å². The van der Waals surface area contributed by atoms with Gasteiger partial charge in [0.1, 0.15) is 4.21 Å². The number of aromatic nitrogens is 3. The van der Waals surface area contributed by atoms with Gasteiger partial charge in [-0.1, -0.05) is 36.4 Å². The van der Waals surface area contributed by atoms with E-state index in [-0.39, 0.29) is 6.04 Å². The van der Waals surface area contributed by atoms with Crippen LogP contribution in [0, 0.1) is 4.77 Å². The Labute approximate surface area is 179 Å². The highest BCUT2D eigenvalue weighted by Gasteiger charge is 2.25. The molecule has 0 atom stereocenters. The first-order valence-electron chi connectivity index (χ1n) is 9.41. The van der Waals surface area contributed by atoms with Crippen molar-refractivity contribution in [1.29, 1.82) is 0 Å². The SMILES string of the molecule is Cn1c(-c2ccccc2)nn(CN2CCC(NS(=O)(=O)c3cccs3)CC2)c1=S. The molecule has 29 heavy (non-hydrogen) atoms. The van der Waals surface area contributed by atoms with E-state index in [0.29, 0.717) is 15.6 Å². The number of piperidine rings is 1. The number of benzene rings is 1. The van der Waals surface area contributed by atoms with Gasteiger partial charge in [0.2, 0.25) is 10.0 Å². The van der Waals surface area contributed by atoms with Crippen molar-refractivity contribution < 1.29 is 8.42 Å². The molecule has 1 N–H and O–H groups in total. The van der Waals surface area contributed by atoms with Crippen molar-refractivity contribution in [3.8, 4) is 11.4 Å². The Hall–Kier alpha value is -1.85. The molecule has 10 heteroatoms. The third kappa shape index (κ3) is 4.51. The largest absolute Gasteiger partial charge is 0.303 e. The molecule has 1 saturated heterocycles. The molecule has 1 aliphatic rings. The van der Waals surface area contributed by atoms with Crippen molar-refractivity contribution in [2.24, 2.45) is 7.05 Å². The van der Waals surface area contributed by atoms with Gasteiger partial charge in [-0.2, -0.15) is 5.10 Å². The first-order chi connectivity index (χ1) is 13.9. The van der Waals surface area contributed by atoms with E-state index >= 15 is 0 Å². The van der Waals surface area contributed by atoms with Gasteiger partial charge in [-0.3, -0.25) is 4.90 Å². The predicted octanol–water partition coefficient (Wildman–Crippen LogP) is 3.08. The summed E-state index contributed by atoms with van der Waals surface area (Å²) in [5, 5.41) is 6.48. The second-order valence-electron chi connectivity index (χ2n) is 7.12. The topological polar surface area (TPSA) is 72.2 Å². The molecule has 0 amide bonds. The Kier molecular flexibility index (Phi) is 5.98. The number of rotatable bonds is 6. The van der Waals surface area contributed by atoms with E-state index in [2.05, 4.69) is 9.62 Å². The Morgan fingerprint density at radius 2 is 1.90 bits per heavy atom. The molecule has 1 fully saturated rings. The maximum atomic E-state index is 12.4. The van der Waals surface area contributed by atoms with Crippen LogP contribution in [0.2, 0.25) is 0 Å². The van der Waals surface area contributed by atoms with E-state index in [9.17, 15) is 8.42 Å². The minimum absolute atomic E-state index is 0.0464. The third-order valence-corrected chi connectivity index (χ3v) is 8.48. The number of hydrogen-bond acceptors (Lipinski definition) is 6. The maximum absolute atomic E-state index is 12.4. The smallest absolute Gasteiger partial charge is 0.250 e. The van der Waals surface area contributed by atoms with Gasteiger partial charge in [0.05, 0.1) is 6.67 Å². The van der Waals surface area contributed by atoms with Crippen LogP contribution in [0.3, 0.4) is 0 Å². The molecular weight excluding hydrogens is 426 g/mol. The van der Waals surface area contributed by atoms with Crippen LogP contribution in [0.1, 0.15) is 12.8 Å². The van der Waals surface area contributed by atoms with Crippen LogP contribution >= 0.6 is 23.6 Å². The number of likely N-dealkylation sites (tertiary alicyclic amines) is 1. The summed E-state index contributed by atoms with van der Waals surface area (Å²) in [6.45, 7) is 2.18. The normalized spacial score (nSPS) is 16.3. The number of nitrogens with zero attached hydrogens (tertiary/aromatic N) is 4. The molecule has 4 rings (SSSR count). The average Bonchev–Trinajstić information content (AvgIpc) is 3.36.